The molecule has 0 aliphatic carbocycles. The fourth-order valence-corrected chi connectivity index (χ4v) is 1.49. The van der Waals surface area contributed by atoms with Gasteiger partial charge < -0.3 is 10.6 Å². The second-order valence-corrected chi connectivity index (χ2v) is 4.62. The van der Waals surface area contributed by atoms with E-state index >= 15 is 0 Å². The average Bonchev–Trinajstić information content (AvgIpc) is 2.26. The maximum atomic E-state index is 11.7. The second kappa shape index (κ2) is 4.18. The van der Waals surface area contributed by atoms with E-state index in [2.05, 4.69) is 10.6 Å². The molecule has 0 aromatic carbocycles. The molecule has 1 aliphatic rings. The van der Waals surface area contributed by atoms with Crippen molar-refractivity contribution in [2.45, 2.75) is 39.3 Å². The zero-order valence-corrected chi connectivity index (χ0v) is 9.76. The molecule has 1 aliphatic heterocycles. The Morgan fingerprint density at radius 2 is 2.00 bits per heavy atom. The molecule has 0 aromatic rings. The highest BCUT2D eigenvalue weighted by molar-refractivity contribution is 6.06. The standard InChI is InChI=1S/C10H19N3O2/c1-7(2)11-5-6-13-8(14)10(3,4)12-9(13)15/h7,11H,5-6H2,1-4H3,(H,12,15). The molecule has 1 rings (SSSR count). The first-order chi connectivity index (χ1) is 6.84. The van der Waals surface area contributed by atoms with E-state index in [0.717, 1.165) is 0 Å². The first-order valence-electron chi connectivity index (χ1n) is 5.22. The number of nitrogens with one attached hydrogen (secondary N) is 2. The maximum absolute atomic E-state index is 11.7. The van der Waals surface area contributed by atoms with E-state index in [0.29, 0.717) is 19.1 Å². The molecule has 15 heavy (non-hydrogen) atoms. The Balaban J connectivity index is 2.49. The third-order valence-corrected chi connectivity index (χ3v) is 2.33. The Bertz CT molecular complexity index is 274. The number of hydrogen-bond acceptors (Lipinski definition) is 3. The van der Waals surface area contributed by atoms with E-state index in [-0.39, 0.29) is 11.9 Å². The smallest absolute Gasteiger partial charge is 0.324 e. The molecule has 0 atom stereocenters. The summed E-state index contributed by atoms with van der Waals surface area (Å²) in [5, 5.41) is 5.81. The second-order valence-electron chi connectivity index (χ2n) is 4.62. The summed E-state index contributed by atoms with van der Waals surface area (Å²) >= 11 is 0. The van der Waals surface area contributed by atoms with E-state index in [4.69, 9.17) is 0 Å². The van der Waals surface area contributed by atoms with Gasteiger partial charge in [0.15, 0.2) is 0 Å². The first kappa shape index (κ1) is 12.0. The van der Waals surface area contributed by atoms with Crippen molar-refractivity contribution in [1.82, 2.24) is 15.5 Å². The number of amides is 3. The van der Waals surface area contributed by atoms with Gasteiger partial charge in [0.2, 0.25) is 0 Å². The Kier molecular flexibility index (Phi) is 3.34. The van der Waals surface area contributed by atoms with E-state index in [1.54, 1.807) is 13.8 Å². The summed E-state index contributed by atoms with van der Waals surface area (Å²) in [6, 6.07) is 0.0642. The molecule has 1 heterocycles. The third kappa shape index (κ3) is 2.68. The van der Waals surface area contributed by atoms with Gasteiger partial charge in [-0.05, 0) is 13.8 Å². The molecular formula is C10H19N3O2. The lowest BCUT2D eigenvalue weighted by Crippen LogP contribution is -2.41. The highest BCUT2D eigenvalue weighted by Gasteiger charge is 2.43. The summed E-state index contributed by atoms with van der Waals surface area (Å²) in [7, 11) is 0. The van der Waals surface area contributed by atoms with Crippen molar-refractivity contribution in [2.75, 3.05) is 13.1 Å². The maximum Gasteiger partial charge on any atom is 0.325 e. The zero-order valence-electron chi connectivity index (χ0n) is 9.76. The van der Waals surface area contributed by atoms with Gasteiger partial charge in [-0.15, -0.1) is 0 Å². The first-order valence-corrected chi connectivity index (χ1v) is 5.22. The van der Waals surface area contributed by atoms with E-state index < -0.39 is 5.54 Å². The third-order valence-electron chi connectivity index (χ3n) is 2.33. The van der Waals surface area contributed by atoms with Crippen LogP contribution in [-0.2, 0) is 4.79 Å². The zero-order chi connectivity index (χ0) is 11.6. The summed E-state index contributed by atoms with van der Waals surface area (Å²) < 4.78 is 0. The predicted molar refractivity (Wildman–Crippen MR) is 57.5 cm³/mol. The minimum absolute atomic E-state index is 0.155. The van der Waals surface area contributed by atoms with Crippen LogP contribution in [-0.4, -0.2) is 41.5 Å². The van der Waals surface area contributed by atoms with Gasteiger partial charge in [0.05, 0.1) is 0 Å². The molecule has 5 heteroatoms. The molecular weight excluding hydrogens is 194 g/mol. The molecule has 0 bridgehead atoms. The SMILES string of the molecule is CC(C)NCCN1C(=O)NC(C)(C)C1=O. The number of imide groups is 1. The lowest BCUT2D eigenvalue weighted by molar-refractivity contribution is -0.130. The topological polar surface area (TPSA) is 61.4 Å². The highest BCUT2D eigenvalue weighted by Crippen LogP contribution is 2.15. The van der Waals surface area contributed by atoms with Crippen molar-refractivity contribution in [1.29, 1.82) is 0 Å². The van der Waals surface area contributed by atoms with Crippen LogP contribution < -0.4 is 10.6 Å². The van der Waals surface area contributed by atoms with Crippen LogP contribution in [0.1, 0.15) is 27.7 Å². The molecule has 0 saturated carbocycles. The van der Waals surface area contributed by atoms with Crippen molar-refractivity contribution in [3.63, 3.8) is 0 Å². The Hall–Kier alpha value is -1.10. The van der Waals surface area contributed by atoms with E-state index in [1.165, 1.54) is 4.90 Å². The van der Waals surface area contributed by atoms with Crippen LogP contribution in [0, 0.1) is 0 Å². The van der Waals surface area contributed by atoms with Crippen LogP contribution in [0.2, 0.25) is 0 Å². The Morgan fingerprint density at radius 1 is 1.40 bits per heavy atom. The summed E-state index contributed by atoms with van der Waals surface area (Å²) in [6.45, 7) is 8.52. The number of hydrogen-bond donors (Lipinski definition) is 2. The number of rotatable bonds is 4. The number of carbonyl (C=O) groups excluding carboxylic acids is 2. The molecule has 0 spiro atoms. The summed E-state index contributed by atoms with van der Waals surface area (Å²) in [4.78, 5) is 24.4. The van der Waals surface area contributed by atoms with Crippen molar-refractivity contribution in [2.24, 2.45) is 0 Å². The normalized spacial score (nSPS) is 19.9. The van der Waals surface area contributed by atoms with Gasteiger partial charge in [-0.25, -0.2) is 4.79 Å². The fraction of sp³-hybridized carbons (Fsp3) is 0.800. The van der Waals surface area contributed by atoms with E-state index in [1.807, 2.05) is 13.8 Å². The molecule has 0 unspecified atom stereocenters. The van der Waals surface area contributed by atoms with Gasteiger partial charge in [0, 0.05) is 19.1 Å². The van der Waals surface area contributed by atoms with Crippen molar-refractivity contribution >= 4 is 11.9 Å². The van der Waals surface area contributed by atoms with Crippen LogP contribution in [0.25, 0.3) is 0 Å². The lowest BCUT2D eigenvalue weighted by atomic mass is 10.1. The number of carbonyl (C=O) groups is 2. The average molecular weight is 213 g/mol. The van der Waals surface area contributed by atoms with Crippen molar-refractivity contribution in [3.05, 3.63) is 0 Å². The van der Waals surface area contributed by atoms with Crippen LogP contribution in [0.15, 0.2) is 0 Å². The van der Waals surface area contributed by atoms with Crippen LogP contribution in [0.5, 0.6) is 0 Å². The summed E-state index contributed by atoms with van der Waals surface area (Å²) in [6.07, 6.45) is 0. The fourth-order valence-electron chi connectivity index (χ4n) is 1.49. The van der Waals surface area contributed by atoms with Gasteiger partial charge in [-0.2, -0.15) is 0 Å². The monoisotopic (exact) mass is 213 g/mol. The molecule has 3 amide bonds. The van der Waals surface area contributed by atoms with Gasteiger partial charge in [-0.3, -0.25) is 9.69 Å². The number of nitrogens with zero attached hydrogens (tertiary/aromatic N) is 1. The van der Waals surface area contributed by atoms with Crippen LogP contribution in [0.3, 0.4) is 0 Å². The van der Waals surface area contributed by atoms with Crippen LogP contribution in [0.4, 0.5) is 4.79 Å². The minimum Gasteiger partial charge on any atom is -0.324 e. The molecule has 2 N–H and O–H groups in total. The molecule has 1 fully saturated rings. The van der Waals surface area contributed by atoms with Gasteiger partial charge in [-0.1, -0.05) is 13.8 Å². The Morgan fingerprint density at radius 3 is 2.40 bits per heavy atom. The highest BCUT2D eigenvalue weighted by atomic mass is 16.2. The minimum atomic E-state index is -0.755. The summed E-state index contributed by atoms with van der Waals surface area (Å²) in [5.74, 6) is -0.155. The van der Waals surface area contributed by atoms with Crippen molar-refractivity contribution < 1.29 is 9.59 Å². The largest absolute Gasteiger partial charge is 0.325 e. The lowest BCUT2D eigenvalue weighted by Gasteiger charge is -2.16. The molecule has 0 radical (unpaired) electrons. The molecule has 0 aromatic heterocycles. The van der Waals surface area contributed by atoms with Crippen molar-refractivity contribution in [3.8, 4) is 0 Å². The Labute approximate surface area is 90.2 Å². The van der Waals surface area contributed by atoms with Gasteiger partial charge >= 0.3 is 6.03 Å². The molecule has 86 valence electrons. The number of urea groups is 1. The summed E-state index contributed by atoms with van der Waals surface area (Å²) in [5.41, 5.74) is -0.755. The quantitative estimate of drug-likeness (QED) is 0.661. The molecule has 1 saturated heterocycles. The molecule has 5 nitrogen and oxygen atoms in total. The predicted octanol–water partition coefficient (Wildman–Crippen LogP) is 0.315. The van der Waals surface area contributed by atoms with Gasteiger partial charge in [0.1, 0.15) is 5.54 Å². The van der Waals surface area contributed by atoms with Gasteiger partial charge in [0.25, 0.3) is 5.91 Å². The van der Waals surface area contributed by atoms with Crippen LogP contribution >= 0.6 is 0 Å². The van der Waals surface area contributed by atoms with E-state index in [9.17, 15) is 9.59 Å².